The molecule has 1 aromatic heterocycles. The molecule has 3 aromatic rings. The molecule has 146 valence electrons. The summed E-state index contributed by atoms with van der Waals surface area (Å²) in [4.78, 5) is 12.2. The number of nitrogens with one attached hydrogen (secondary N) is 1. The molecule has 0 saturated heterocycles. The number of hydrogen-bond donors (Lipinski definition) is 1. The van der Waals surface area contributed by atoms with Gasteiger partial charge in [0.15, 0.2) is 15.7 Å². The number of aryl methyl sites for hydroxylation is 1. The predicted molar refractivity (Wildman–Crippen MR) is 101 cm³/mol. The minimum Gasteiger partial charge on any atom is -0.326 e. The van der Waals surface area contributed by atoms with Crippen LogP contribution in [0.3, 0.4) is 0 Å². The van der Waals surface area contributed by atoms with Crippen molar-refractivity contribution in [3.8, 4) is 5.69 Å². The third-order valence-electron chi connectivity index (χ3n) is 3.85. The van der Waals surface area contributed by atoms with Gasteiger partial charge in [0.25, 0.3) is 0 Å². The fraction of sp³-hybridized carbons (Fsp3) is 0.176. The van der Waals surface area contributed by atoms with Crippen molar-refractivity contribution in [2.45, 2.75) is 18.2 Å². The summed E-state index contributed by atoms with van der Waals surface area (Å²) < 4.78 is 39.8. The average molecular weight is 424 g/mol. The molecule has 8 nitrogen and oxygen atoms in total. The Morgan fingerprint density at radius 1 is 1.21 bits per heavy atom. The second-order valence-electron chi connectivity index (χ2n) is 5.88. The maximum absolute atomic E-state index is 14.1. The van der Waals surface area contributed by atoms with Crippen molar-refractivity contribution in [2.75, 3.05) is 11.1 Å². The first-order valence-electron chi connectivity index (χ1n) is 8.09. The number of halogens is 2. The van der Waals surface area contributed by atoms with Crippen molar-refractivity contribution < 1.29 is 17.6 Å². The molecule has 0 aliphatic rings. The molecule has 0 bridgehead atoms. The van der Waals surface area contributed by atoms with Crippen LogP contribution >= 0.6 is 11.6 Å². The summed E-state index contributed by atoms with van der Waals surface area (Å²) in [5.74, 6) is -1.10. The number of anilines is 1. The van der Waals surface area contributed by atoms with E-state index in [0.29, 0.717) is 16.5 Å². The van der Waals surface area contributed by atoms with Crippen LogP contribution in [0, 0.1) is 12.7 Å². The van der Waals surface area contributed by atoms with Crippen LogP contribution < -0.4 is 5.32 Å². The molecule has 3 rings (SSSR count). The van der Waals surface area contributed by atoms with E-state index in [0.717, 1.165) is 6.07 Å². The number of nitrogens with zero attached hydrogens (tertiary/aromatic N) is 4. The zero-order valence-electron chi connectivity index (χ0n) is 14.6. The van der Waals surface area contributed by atoms with Crippen molar-refractivity contribution in [3.63, 3.8) is 0 Å². The molecule has 0 saturated carbocycles. The average Bonchev–Trinajstić information content (AvgIpc) is 3.08. The lowest BCUT2D eigenvalue weighted by molar-refractivity contribution is -0.115. The van der Waals surface area contributed by atoms with E-state index in [2.05, 4.69) is 20.8 Å². The van der Waals surface area contributed by atoms with Gasteiger partial charge in [-0.1, -0.05) is 11.6 Å². The van der Waals surface area contributed by atoms with Crippen LogP contribution in [0.2, 0.25) is 5.02 Å². The third kappa shape index (κ3) is 4.52. The van der Waals surface area contributed by atoms with Gasteiger partial charge in [-0.05, 0) is 59.8 Å². The van der Waals surface area contributed by atoms with Gasteiger partial charge in [0.05, 0.1) is 10.6 Å². The SMILES string of the molecule is Cc1nnnn1-c1cc(NC(=O)CCS(=O)(=O)c2ccc(Cl)cc2)ccc1F. The van der Waals surface area contributed by atoms with Gasteiger partial charge in [0, 0.05) is 17.1 Å². The number of carbonyl (C=O) groups is 1. The first-order chi connectivity index (χ1) is 13.3. The highest BCUT2D eigenvalue weighted by Gasteiger charge is 2.17. The Morgan fingerprint density at radius 2 is 1.93 bits per heavy atom. The lowest BCUT2D eigenvalue weighted by atomic mass is 10.2. The van der Waals surface area contributed by atoms with Crippen LogP contribution in [0.1, 0.15) is 12.2 Å². The van der Waals surface area contributed by atoms with Crippen molar-refractivity contribution in [1.29, 1.82) is 0 Å². The maximum atomic E-state index is 14.1. The van der Waals surface area contributed by atoms with Crippen LogP contribution in [0.25, 0.3) is 5.69 Å². The Balaban J connectivity index is 1.68. The molecule has 0 unspecified atom stereocenters. The summed E-state index contributed by atoms with van der Waals surface area (Å²) >= 11 is 5.75. The van der Waals surface area contributed by atoms with Crippen molar-refractivity contribution in [2.24, 2.45) is 0 Å². The van der Waals surface area contributed by atoms with Gasteiger partial charge in [0.2, 0.25) is 5.91 Å². The van der Waals surface area contributed by atoms with Gasteiger partial charge in [-0.25, -0.2) is 12.8 Å². The Morgan fingerprint density at radius 3 is 2.57 bits per heavy atom. The highest BCUT2D eigenvalue weighted by atomic mass is 35.5. The van der Waals surface area contributed by atoms with Crippen LogP contribution in [-0.4, -0.2) is 40.3 Å². The topological polar surface area (TPSA) is 107 Å². The molecule has 0 spiro atoms. The third-order valence-corrected chi connectivity index (χ3v) is 5.84. The number of amides is 1. The van der Waals surface area contributed by atoms with Crippen molar-refractivity contribution >= 4 is 33.0 Å². The molecule has 1 N–H and O–H groups in total. The largest absolute Gasteiger partial charge is 0.326 e. The van der Waals surface area contributed by atoms with Gasteiger partial charge in [-0.15, -0.1) is 5.10 Å². The Bertz CT molecular complexity index is 1120. The molecule has 1 amide bonds. The van der Waals surface area contributed by atoms with E-state index in [-0.39, 0.29) is 22.8 Å². The maximum Gasteiger partial charge on any atom is 0.225 e. The van der Waals surface area contributed by atoms with Gasteiger partial charge in [-0.2, -0.15) is 4.68 Å². The van der Waals surface area contributed by atoms with Gasteiger partial charge >= 0.3 is 0 Å². The Hall–Kier alpha value is -2.85. The molecule has 0 atom stereocenters. The smallest absolute Gasteiger partial charge is 0.225 e. The first kappa shape index (κ1) is 19.9. The fourth-order valence-electron chi connectivity index (χ4n) is 2.42. The standard InChI is InChI=1S/C17H15ClFN5O3S/c1-11-21-22-23-24(11)16-10-13(4-7-15(16)19)20-17(25)8-9-28(26,27)14-5-2-12(18)3-6-14/h2-7,10H,8-9H2,1H3,(H,20,25). The quantitative estimate of drug-likeness (QED) is 0.653. The monoisotopic (exact) mass is 423 g/mol. The molecule has 0 fully saturated rings. The summed E-state index contributed by atoms with van der Waals surface area (Å²) in [6, 6.07) is 9.60. The summed E-state index contributed by atoms with van der Waals surface area (Å²) in [6.45, 7) is 1.60. The lowest BCUT2D eigenvalue weighted by Crippen LogP contribution is -2.17. The normalized spacial score (nSPS) is 11.4. The molecular weight excluding hydrogens is 409 g/mol. The van der Waals surface area contributed by atoms with Crippen molar-refractivity contribution in [1.82, 2.24) is 20.2 Å². The van der Waals surface area contributed by atoms with E-state index in [9.17, 15) is 17.6 Å². The van der Waals surface area contributed by atoms with Crippen LogP contribution in [0.15, 0.2) is 47.4 Å². The zero-order chi connectivity index (χ0) is 20.3. The fourth-order valence-corrected chi connectivity index (χ4v) is 3.78. The molecule has 28 heavy (non-hydrogen) atoms. The first-order valence-corrected chi connectivity index (χ1v) is 10.1. The molecule has 0 radical (unpaired) electrons. The number of benzene rings is 2. The molecule has 11 heteroatoms. The number of aromatic nitrogens is 4. The summed E-state index contributed by atoms with van der Waals surface area (Å²) in [5.41, 5.74) is 0.356. The summed E-state index contributed by atoms with van der Waals surface area (Å²) in [6.07, 6.45) is -0.262. The summed E-state index contributed by atoms with van der Waals surface area (Å²) in [5, 5.41) is 13.8. The van der Waals surface area contributed by atoms with E-state index >= 15 is 0 Å². The van der Waals surface area contributed by atoms with E-state index in [1.54, 1.807) is 6.92 Å². The highest BCUT2D eigenvalue weighted by Crippen LogP contribution is 2.20. The minimum absolute atomic E-state index is 0.0640. The molecule has 2 aromatic carbocycles. The van der Waals surface area contributed by atoms with Crippen molar-refractivity contribution in [3.05, 3.63) is 59.1 Å². The van der Waals surface area contributed by atoms with Crippen LogP contribution in [-0.2, 0) is 14.6 Å². The van der Waals surface area contributed by atoms with Gasteiger partial charge in [0.1, 0.15) is 11.5 Å². The minimum atomic E-state index is -3.63. The summed E-state index contributed by atoms with van der Waals surface area (Å²) in [7, 11) is -3.63. The predicted octanol–water partition coefficient (Wildman–Crippen LogP) is 2.57. The van der Waals surface area contributed by atoms with E-state index < -0.39 is 21.6 Å². The Kier molecular flexibility index (Phi) is 5.71. The van der Waals surface area contributed by atoms with E-state index in [1.807, 2.05) is 0 Å². The Labute approximate surface area is 165 Å². The number of tetrazole rings is 1. The highest BCUT2D eigenvalue weighted by molar-refractivity contribution is 7.91. The number of rotatable bonds is 6. The number of carbonyl (C=O) groups excluding carboxylic acids is 1. The number of sulfone groups is 1. The van der Waals surface area contributed by atoms with E-state index in [4.69, 9.17) is 11.6 Å². The van der Waals surface area contributed by atoms with Gasteiger partial charge < -0.3 is 5.32 Å². The molecule has 1 heterocycles. The zero-order valence-corrected chi connectivity index (χ0v) is 16.2. The van der Waals surface area contributed by atoms with Gasteiger partial charge in [-0.3, -0.25) is 4.79 Å². The molecule has 0 aliphatic carbocycles. The van der Waals surface area contributed by atoms with E-state index in [1.165, 1.54) is 41.1 Å². The second kappa shape index (κ2) is 8.03. The molecular formula is C17H15ClFN5O3S. The lowest BCUT2D eigenvalue weighted by Gasteiger charge is -2.09. The van der Waals surface area contributed by atoms with Crippen LogP contribution in [0.5, 0.6) is 0 Å². The second-order valence-corrected chi connectivity index (χ2v) is 8.42. The van der Waals surface area contributed by atoms with Crippen LogP contribution in [0.4, 0.5) is 10.1 Å². The molecule has 0 aliphatic heterocycles. The number of hydrogen-bond acceptors (Lipinski definition) is 6.